The minimum atomic E-state index is -0.309. The Bertz CT molecular complexity index is 358. The molecule has 0 spiro atoms. The van der Waals surface area contributed by atoms with Gasteiger partial charge in [-0.1, -0.05) is 0 Å². The van der Waals surface area contributed by atoms with Crippen LogP contribution >= 0.6 is 0 Å². The zero-order chi connectivity index (χ0) is 12.1. The second-order valence-corrected chi connectivity index (χ2v) is 4.04. The normalized spacial score (nSPS) is 12.5. The van der Waals surface area contributed by atoms with Crippen LogP contribution in [0.2, 0.25) is 0 Å². The van der Waals surface area contributed by atoms with Crippen LogP contribution in [0.1, 0.15) is 35.9 Å². The lowest BCUT2D eigenvalue weighted by Gasteiger charge is -2.06. The smallest absolute Gasteiger partial charge is 0.269 e. The summed E-state index contributed by atoms with van der Waals surface area (Å²) in [6.07, 6.45) is 1.17. The molecule has 5 heteroatoms. The molecular formula is C11H19N3O2. The van der Waals surface area contributed by atoms with Crippen LogP contribution in [0, 0.1) is 6.92 Å². The van der Waals surface area contributed by atoms with Crippen molar-refractivity contribution in [3.05, 3.63) is 17.5 Å². The number of nitrogens with one attached hydrogen (secondary N) is 1. The molecule has 5 nitrogen and oxygen atoms in total. The van der Waals surface area contributed by atoms with Gasteiger partial charge in [0.25, 0.3) is 5.91 Å². The van der Waals surface area contributed by atoms with E-state index in [1.54, 1.807) is 24.7 Å². The molecule has 0 aliphatic heterocycles. The van der Waals surface area contributed by atoms with Gasteiger partial charge in [0.05, 0.1) is 11.8 Å². The monoisotopic (exact) mass is 225 g/mol. The second-order valence-electron chi connectivity index (χ2n) is 4.04. The van der Waals surface area contributed by atoms with Gasteiger partial charge in [-0.3, -0.25) is 9.48 Å². The minimum absolute atomic E-state index is 0.117. The van der Waals surface area contributed by atoms with Crippen LogP contribution in [-0.2, 0) is 7.05 Å². The van der Waals surface area contributed by atoms with E-state index in [9.17, 15) is 4.79 Å². The van der Waals surface area contributed by atoms with Crippen molar-refractivity contribution in [3.63, 3.8) is 0 Å². The van der Waals surface area contributed by atoms with Gasteiger partial charge in [-0.2, -0.15) is 5.10 Å². The molecule has 0 radical (unpaired) electrons. The highest BCUT2D eigenvalue weighted by Crippen LogP contribution is 2.01. The summed E-state index contributed by atoms with van der Waals surface area (Å²) in [5.74, 6) is -0.117. The average molecular weight is 225 g/mol. The Labute approximate surface area is 95.5 Å². The molecule has 1 atom stereocenters. The molecule has 1 heterocycles. The van der Waals surface area contributed by atoms with Crippen molar-refractivity contribution in [2.24, 2.45) is 7.05 Å². The molecule has 90 valence electrons. The van der Waals surface area contributed by atoms with Crippen LogP contribution in [0.15, 0.2) is 6.07 Å². The molecule has 0 bridgehead atoms. The summed E-state index contributed by atoms with van der Waals surface area (Å²) in [5, 5.41) is 16.0. The van der Waals surface area contributed by atoms with Crippen molar-refractivity contribution in [3.8, 4) is 0 Å². The van der Waals surface area contributed by atoms with Gasteiger partial charge < -0.3 is 10.4 Å². The molecular weight excluding hydrogens is 206 g/mol. The standard InChI is InChI=1S/C11H19N3O2/c1-8-7-10(14(3)13-8)11(16)12-6-4-5-9(2)15/h7,9,15H,4-6H2,1-3H3,(H,12,16). The lowest BCUT2D eigenvalue weighted by molar-refractivity contribution is 0.0940. The Morgan fingerprint density at radius 1 is 1.69 bits per heavy atom. The number of nitrogens with zero attached hydrogens (tertiary/aromatic N) is 2. The van der Waals surface area contributed by atoms with Crippen LogP contribution in [0.25, 0.3) is 0 Å². The topological polar surface area (TPSA) is 67.2 Å². The van der Waals surface area contributed by atoms with E-state index in [1.807, 2.05) is 6.92 Å². The summed E-state index contributed by atoms with van der Waals surface area (Å²) in [5.41, 5.74) is 1.39. The van der Waals surface area contributed by atoms with Gasteiger partial charge in [0.1, 0.15) is 5.69 Å². The van der Waals surface area contributed by atoms with E-state index in [0.717, 1.165) is 12.1 Å². The number of aliphatic hydroxyl groups excluding tert-OH is 1. The summed E-state index contributed by atoms with van der Waals surface area (Å²) in [4.78, 5) is 11.7. The van der Waals surface area contributed by atoms with Gasteiger partial charge in [0, 0.05) is 13.6 Å². The highest BCUT2D eigenvalue weighted by molar-refractivity contribution is 5.92. The van der Waals surface area contributed by atoms with Gasteiger partial charge in [-0.05, 0) is 32.8 Å². The number of aliphatic hydroxyl groups is 1. The quantitative estimate of drug-likeness (QED) is 0.722. The van der Waals surface area contributed by atoms with Crippen molar-refractivity contribution in [1.29, 1.82) is 0 Å². The number of hydrogen-bond donors (Lipinski definition) is 2. The van der Waals surface area contributed by atoms with E-state index in [2.05, 4.69) is 10.4 Å². The zero-order valence-electron chi connectivity index (χ0n) is 10.0. The molecule has 1 amide bonds. The van der Waals surface area contributed by atoms with E-state index < -0.39 is 0 Å². The van der Waals surface area contributed by atoms with E-state index in [1.165, 1.54) is 0 Å². The molecule has 1 aromatic heterocycles. The maximum absolute atomic E-state index is 11.7. The van der Waals surface area contributed by atoms with Gasteiger partial charge in [-0.15, -0.1) is 0 Å². The first-order chi connectivity index (χ1) is 7.50. The zero-order valence-corrected chi connectivity index (χ0v) is 10.0. The number of aryl methyl sites for hydroxylation is 2. The van der Waals surface area contributed by atoms with Crippen LogP contribution in [0.4, 0.5) is 0 Å². The fourth-order valence-electron chi connectivity index (χ4n) is 1.51. The maximum Gasteiger partial charge on any atom is 0.269 e. The van der Waals surface area contributed by atoms with Crippen molar-refractivity contribution in [1.82, 2.24) is 15.1 Å². The third kappa shape index (κ3) is 3.66. The van der Waals surface area contributed by atoms with E-state index in [4.69, 9.17) is 5.11 Å². The van der Waals surface area contributed by atoms with Crippen molar-refractivity contribution >= 4 is 5.91 Å². The number of carbonyl (C=O) groups is 1. The third-order valence-corrected chi connectivity index (χ3v) is 2.32. The number of carbonyl (C=O) groups excluding carboxylic acids is 1. The van der Waals surface area contributed by atoms with E-state index in [-0.39, 0.29) is 12.0 Å². The fourth-order valence-corrected chi connectivity index (χ4v) is 1.51. The molecule has 1 aromatic rings. The maximum atomic E-state index is 11.7. The number of rotatable bonds is 5. The summed E-state index contributed by atoms with van der Waals surface area (Å²) in [6, 6.07) is 1.75. The van der Waals surface area contributed by atoms with Gasteiger partial charge in [-0.25, -0.2) is 0 Å². The van der Waals surface area contributed by atoms with E-state index >= 15 is 0 Å². The molecule has 1 unspecified atom stereocenters. The van der Waals surface area contributed by atoms with Gasteiger partial charge in [0.2, 0.25) is 0 Å². The van der Waals surface area contributed by atoms with Crippen molar-refractivity contribution in [2.45, 2.75) is 32.8 Å². The Hall–Kier alpha value is -1.36. The fraction of sp³-hybridized carbons (Fsp3) is 0.636. The lowest BCUT2D eigenvalue weighted by Crippen LogP contribution is -2.27. The molecule has 0 aliphatic rings. The summed E-state index contributed by atoms with van der Waals surface area (Å²) < 4.78 is 1.57. The summed E-state index contributed by atoms with van der Waals surface area (Å²) >= 11 is 0. The SMILES string of the molecule is Cc1cc(C(=O)NCCCC(C)O)n(C)n1. The van der Waals surface area contributed by atoms with E-state index in [0.29, 0.717) is 18.7 Å². The highest BCUT2D eigenvalue weighted by Gasteiger charge is 2.10. The largest absolute Gasteiger partial charge is 0.393 e. The Kier molecular flexibility index (Phi) is 4.49. The third-order valence-electron chi connectivity index (χ3n) is 2.32. The first-order valence-electron chi connectivity index (χ1n) is 5.47. The molecule has 1 rings (SSSR count). The molecule has 0 saturated carbocycles. The molecule has 0 aliphatic carbocycles. The van der Waals surface area contributed by atoms with Crippen molar-refractivity contribution < 1.29 is 9.90 Å². The second kappa shape index (κ2) is 5.65. The van der Waals surface area contributed by atoms with Crippen LogP contribution in [0.5, 0.6) is 0 Å². The number of amides is 1. The molecule has 2 N–H and O–H groups in total. The van der Waals surface area contributed by atoms with Crippen molar-refractivity contribution in [2.75, 3.05) is 6.54 Å². The minimum Gasteiger partial charge on any atom is -0.393 e. The lowest BCUT2D eigenvalue weighted by atomic mass is 10.2. The highest BCUT2D eigenvalue weighted by atomic mass is 16.3. The Balaban J connectivity index is 2.38. The molecule has 0 saturated heterocycles. The number of aromatic nitrogens is 2. The molecule has 16 heavy (non-hydrogen) atoms. The van der Waals surface area contributed by atoms with Crippen LogP contribution in [0.3, 0.4) is 0 Å². The van der Waals surface area contributed by atoms with Gasteiger partial charge in [0.15, 0.2) is 0 Å². The molecule has 0 fully saturated rings. The van der Waals surface area contributed by atoms with Crippen LogP contribution < -0.4 is 5.32 Å². The Morgan fingerprint density at radius 3 is 2.88 bits per heavy atom. The predicted molar refractivity (Wildman–Crippen MR) is 61.2 cm³/mol. The Morgan fingerprint density at radius 2 is 2.38 bits per heavy atom. The summed E-state index contributed by atoms with van der Waals surface area (Å²) in [6.45, 7) is 4.17. The van der Waals surface area contributed by atoms with Gasteiger partial charge >= 0.3 is 0 Å². The first kappa shape index (κ1) is 12.7. The first-order valence-corrected chi connectivity index (χ1v) is 5.47. The average Bonchev–Trinajstić information content (AvgIpc) is 2.52. The summed E-state index contributed by atoms with van der Waals surface area (Å²) in [7, 11) is 1.75. The van der Waals surface area contributed by atoms with Crippen LogP contribution in [-0.4, -0.2) is 33.4 Å². The molecule has 0 aromatic carbocycles. The number of hydrogen-bond acceptors (Lipinski definition) is 3. The predicted octanol–water partition coefficient (Wildman–Crippen LogP) is 0.619.